The number of aromatic amines is 1. The number of nitrogens with one attached hydrogen (secondary N) is 3. The second-order valence-electron chi connectivity index (χ2n) is 4.28. The van der Waals surface area contributed by atoms with E-state index in [-0.39, 0.29) is 11.5 Å². The number of carbonyl (C=O) groups excluding carboxylic acids is 1. The average Bonchev–Trinajstić information content (AvgIpc) is 2.83. The van der Waals surface area contributed by atoms with Crippen molar-refractivity contribution in [3.63, 3.8) is 0 Å². The van der Waals surface area contributed by atoms with Gasteiger partial charge in [0.05, 0.1) is 5.56 Å². The minimum absolute atomic E-state index is 0.140. The Bertz CT molecular complexity index is 415. The van der Waals surface area contributed by atoms with Gasteiger partial charge in [-0.3, -0.25) is 9.59 Å². The minimum atomic E-state index is -0.197. The molecule has 0 radical (unpaired) electrons. The third kappa shape index (κ3) is 3.42. The molecule has 2 heterocycles. The maximum absolute atomic E-state index is 11.7. The van der Waals surface area contributed by atoms with Crippen LogP contribution in [0.5, 0.6) is 0 Å². The zero-order valence-corrected chi connectivity index (χ0v) is 9.66. The van der Waals surface area contributed by atoms with Crippen molar-refractivity contribution in [1.29, 1.82) is 0 Å². The molecule has 1 aromatic heterocycles. The van der Waals surface area contributed by atoms with Crippen molar-refractivity contribution in [2.75, 3.05) is 13.1 Å². The van der Waals surface area contributed by atoms with E-state index in [9.17, 15) is 9.59 Å². The highest BCUT2D eigenvalue weighted by molar-refractivity contribution is 5.93. The first-order chi connectivity index (χ1) is 8.25. The van der Waals surface area contributed by atoms with Gasteiger partial charge in [0.2, 0.25) is 5.56 Å². The maximum atomic E-state index is 11.7. The van der Waals surface area contributed by atoms with Crippen LogP contribution in [0.25, 0.3) is 0 Å². The summed E-state index contributed by atoms with van der Waals surface area (Å²) in [6, 6.07) is 3.42. The third-order valence-electron chi connectivity index (χ3n) is 2.99. The second kappa shape index (κ2) is 5.63. The summed E-state index contributed by atoms with van der Waals surface area (Å²) in [6.07, 6.45) is 4.80. The lowest BCUT2D eigenvalue weighted by Gasteiger charge is -2.10. The average molecular weight is 235 g/mol. The highest BCUT2D eigenvalue weighted by atomic mass is 16.1. The van der Waals surface area contributed by atoms with Gasteiger partial charge in [-0.15, -0.1) is 0 Å². The van der Waals surface area contributed by atoms with Crippen LogP contribution < -0.4 is 16.2 Å². The first-order valence-electron chi connectivity index (χ1n) is 5.96. The van der Waals surface area contributed by atoms with Crippen LogP contribution >= 0.6 is 0 Å². The molecule has 1 fully saturated rings. The van der Waals surface area contributed by atoms with Crippen molar-refractivity contribution in [2.24, 2.45) is 0 Å². The summed E-state index contributed by atoms with van der Waals surface area (Å²) in [6.45, 7) is 1.74. The summed E-state index contributed by atoms with van der Waals surface area (Å²) in [5.41, 5.74) is 0.292. The summed E-state index contributed by atoms with van der Waals surface area (Å²) in [5.74, 6) is -0.140. The monoisotopic (exact) mass is 235 g/mol. The molecule has 17 heavy (non-hydrogen) atoms. The second-order valence-corrected chi connectivity index (χ2v) is 4.28. The Morgan fingerprint density at radius 1 is 1.47 bits per heavy atom. The van der Waals surface area contributed by atoms with Gasteiger partial charge in [0.25, 0.3) is 5.91 Å². The number of hydrogen-bond acceptors (Lipinski definition) is 3. The van der Waals surface area contributed by atoms with E-state index in [1.54, 1.807) is 0 Å². The third-order valence-corrected chi connectivity index (χ3v) is 2.99. The summed E-state index contributed by atoms with van der Waals surface area (Å²) in [4.78, 5) is 25.0. The van der Waals surface area contributed by atoms with Crippen molar-refractivity contribution in [2.45, 2.75) is 25.3 Å². The Kier molecular flexibility index (Phi) is 3.93. The number of aromatic nitrogens is 1. The molecule has 1 atom stereocenters. The molecule has 0 spiro atoms. The Morgan fingerprint density at radius 3 is 3.00 bits per heavy atom. The molecule has 92 valence electrons. The topological polar surface area (TPSA) is 74.0 Å². The fraction of sp³-hybridized carbons (Fsp3) is 0.500. The fourth-order valence-corrected chi connectivity index (χ4v) is 2.02. The Hall–Kier alpha value is -1.62. The fourth-order valence-electron chi connectivity index (χ4n) is 2.02. The first kappa shape index (κ1) is 11.9. The molecule has 1 aliphatic rings. The lowest BCUT2D eigenvalue weighted by Crippen LogP contribution is -2.30. The summed E-state index contributed by atoms with van der Waals surface area (Å²) in [7, 11) is 0. The summed E-state index contributed by atoms with van der Waals surface area (Å²) < 4.78 is 0. The van der Waals surface area contributed by atoms with Gasteiger partial charge in [-0.2, -0.15) is 0 Å². The van der Waals surface area contributed by atoms with Gasteiger partial charge in [-0.05, 0) is 31.9 Å². The Balaban J connectivity index is 1.76. The van der Waals surface area contributed by atoms with E-state index < -0.39 is 0 Å². The van der Waals surface area contributed by atoms with Gasteiger partial charge in [0.15, 0.2) is 0 Å². The molecular formula is C12H17N3O2. The van der Waals surface area contributed by atoms with E-state index in [1.165, 1.54) is 31.2 Å². The molecule has 0 aliphatic carbocycles. The predicted molar refractivity (Wildman–Crippen MR) is 65.0 cm³/mol. The minimum Gasteiger partial charge on any atom is -0.352 e. The molecule has 3 N–H and O–H groups in total. The van der Waals surface area contributed by atoms with Crippen molar-refractivity contribution in [3.05, 3.63) is 34.2 Å². The number of hydrogen-bond donors (Lipinski definition) is 3. The molecule has 1 saturated heterocycles. The van der Waals surface area contributed by atoms with Crippen molar-refractivity contribution >= 4 is 5.91 Å². The first-order valence-corrected chi connectivity index (χ1v) is 5.96. The van der Waals surface area contributed by atoms with Crippen LogP contribution in [0.3, 0.4) is 0 Å². The smallest absolute Gasteiger partial charge is 0.252 e. The maximum Gasteiger partial charge on any atom is 0.252 e. The molecule has 1 aliphatic heterocycles. The van der Waals surface area contributed by atoms with E-state index >= 15 is 0 Å². The lowest BCUT2D eigenvalue weighted by atomic mass is 10.1. The number of H-pyrrole nitrogens is 1. The predicted octanol–water partition coefficient (Wildman–Crippen LogP) is 0.247. The van der Waals surface area contributed by atoms with Gasteiger partial charge < -0.3 is 15.6 Å². The van der Waals surface area contributed by atoms with Crippen LogP contribution in [0.4, 0.5) is 0 Å². The summed E-state index contributed by atoms with van der Waals surface area (Å²) >= 11 is 0. The molecule has 5 nitrogen and oxygen atoms in total. The molecular weight excluding hydrogens is 218 g/mol. The Morgan fingerprint density at radius 2 is 2.35 bits per heavy atom. The normalized spacial score (nSPS) is 19.2. The largest absolute Gasteiger partial charge is 0.352 e. The van der Waals surface area contributed by atoms with Gasteiger partial charge in [0, 0.05) is 24.8 Å². The standard InChI is InChI=1S/C12H17N3O2/c16-11-4-3-9(8-15-11)12(17)14-7-5-10-2-1-6-13-10/h3-4,8,10,13H,1-2,5-7H2,(H,14,17)(H,15,16)/t10-/m1/s1. The van der Waals surface area contributed by atoms with Gasteiger partial charge in [-0.25, -0.2) is 0 Å². The van der Waals surface area contributed by atoms with Crippen molar-refractivity contribution in [1.82, 2.24) is 15.6 Å². The lowest BCUT2D eigenvalue weighted by molar-refractivity contribution is 0.0952. The zero-order valence-electron chi connectivity index (χ0n) is 9.66. The van der Waals surface area contributed by atoms with E-state index in [2.05, 4.69) is 15.6 Å². The molecule has 0 saturated carbocycles. The number of rotatable bonds is 4. The van der Waals surface area contributed by atoms with Crippen LogP contribution in [0.1, 0.15) is 29.6 Å². The number of carbonyl (C=O) groups is 1. The van der Waals surface area contributed by atoms with Crippen LogP contribution in [0.15, 0.2) is 23.1 Å². The van der Waals surface area contributed by atoms with Gasteiger partial charge in [0.1, 0.15) is 0 Å². The quantitative estimate of drug-likeness (QED) is 0.700. The molecule has 0 bridgehead atoms. The number of pyridine rings is 1. The molecule has 2 rings (SSSR count). The van der Waals surface area contributed by atoms with Crippen LogP contribution in [0.2, 0.25) is 0 Å². The highest BCUT2D eigenvalue weighted by Gasteiger charge is 2.13. The van der Waals surface area contributed by atoms with Gasteiger partial charge in [-0.1, -0.05) is 0 Å². The van der Waals surface area contributed by atoms with Gasteiger partial charge >= 0.3 is 0 Å². The van der Waals surface area contributed by atoms with Crippen LogP contribution in [0, 0.1) is 0 Å². The number of amides is 1. The van der Waals surface area contributed by atoms with Crippen LogP contribution in [-0.2, 0) is 0 Å². The molecule has 1 aromatic rings. The highest BCUT2D eigenvalue weighted by Crippen LogP contribution is 2.07. The Labute approximate surface area is 99.6 Å². The molecule has 1 amide bonds. The van der Waals surface area contributed by atoms with Crippen molar-refractivity contribution in [3.8, 4) is 0 Å². The van der Waals surface area contributed by atoms with Crippen molar-refractivity contribution < 1.29 is 4.79 Å². The molecule has 0 unspecified atom stereocenters. The molecule has 0 aromatic carbocycles. The van der Waals surface area contributed by atoms with E-state index in [4.69, 9.17) is 0 Å². The SMILES string of the molecule is O=C(NCC[C@H]1CCCN1)c1ccc(=O)[nH]c1. The molecule has 5 heteroatoms. The van der Waals surface area contributed by atoms with E-state index in [1.807, 2.05) is 0 Å². The zero-order chi connectivity index (χ0) is 12.1. The van der Waals surface area contributed by atoms with E-state index in [0.717, 1.165) is 13.0 Å². The van der Waals surface area contributed by atoms with Crippen LogP contribution in [-0.4, -0.2) is 30.0 Å². The summed E-state index contributed by atoms with van der Waals surface area (Å²) in [5, 5.41) is 6.22. The van der Waals surface area contributed by atoms with E-state index in [0.29, 0.717) is 18.2 Å².